The molecule has 0 atom stereocenters. The highest BCUT2D eigenvalue weighted by Crippen LogP contribution is 2.14. The van der Waals surface area contributed by atoms with Gasteiger partial charge in [0.1, 0.15) is 12.4 Å². The van der Waals surface area contributed by atoms with Crippen molar-refractivity contribution >= 4 is 5.69 Å². The third kappa shape index (κ3) is 3.11. The van der Waals surface area contributed by atoms with Crippen LogP contribution in [0.15, 0.2) is 53.5 Å². The summed E-state index contributed by atoms with van der Waals surface area (Å²) >= 11 is 0. The summed E-state index contributed by atoms with van der Waals surface area (Å²) < 4.78 is 7.11. The van der Waals surface area contributed by atoms with Crippen LogP contribution in [0.3, 0.4) is 0 Å². The molecule has 1 aromatic heterocycles. The number of hydrogen-bond donors (Lipinski definition) is 1. The molecular formula is C13H14N2O2. The monoisotopic (exact) mass is 230 g/mol. The highest BCUT2D eigenvalue weighted by molar-refractivity contribution is 5.43. The Morgan fingerprint density at radius 3 is 2.82 bits per heavy atom. The van der Waals surface area contributed by atoms with Gasteiger partial charge in [-0.2, -0.15) is 0 Å². The molecule has 4 heteroatoms. The molecule has 2 rings (SSSR count). The zero-order chi connectivity index (χ0) is 12.1. The lowest BCUT2D eigenvalue weighted by Crippen LogP contribution is -2.21. The van der Waals surface area contributed by atoms with Crippen LogP contribution < -0.4 is 16.0 Å². The van der Waals surface area contributed by atoms with E-state index in [0.29, 0.717) is 24.6 Å². The Morgan fingerprint density at radius 1 is 1.18 bits per heavy atom. The van der Waals surface area contributed by atoms with Crippen LogP contribution in [0, 0.1) is 0 Å². The number of benzene rings is 1. The summed E-state index contributed by atoms with van der Waals surface area (Å²) in [7, 11) is 0. The molecule has 4 nitrogen and oxygen atoms in total. The Kier molecular flexibility index (Phi) is 3.45. The summed E-state index contributed by atoms with van der Waals surface area (Å²) in [6.07, 6.45) is 1.74. The van der Waals surface area contributed by atoms with Crippen LogP contribution in [0.25, 0.3) is 0 Å². The second-order valence-electron chi connectivity index (χ2n) is 3.65. The quantitative estimate of drug-likeness (QED) is 0.810. The molecule has 0 aliphatic carbocycles. The summed E-state index contributed by atoms with van der Waals surface area (Å²) in [5.41, 5.74) is 6.27. The maximum atomic E-state index is 11.4. The molecule has 0 spiro atoms. The number of rotatable bonds is 4. The summed E-state index contributed by atoms with van der Waals surface area (Å²) in [4.78, 5) is 11.4. The fourth-order valence-electron chi connectivity index (χ4n) is 1.51. The molecule has 0 aliphatic rings. The van der Waals surface area contributed by atoms with Crippen molar-refractivity contribution in [1.82, 2.24) is 4.57 Å². The van der Waals surface area contributed by atoms with E-state index in [1.54, 1.807) is 29.0 Å². The van der Waals surface area contributed by atoms with Crippen LogP contribution in [-0.2, 0) is 6.54 Å². The minimum Gasteiger partial charge on any atom is -0.492 e. The molecule has 1 heterocycles. The van der Waals surface area contributed by atoms with Gasteiger partial charge in [0, 0.05) is 24.0 Å². The van der Waals surface area contributed by atoms with Crippen molar-refractivity contribution in [2.75, 3.05) is 12.3 Å². The van der Waals surface area contributed by atoms with Crippen LogP contribution in [0.4, 0.5) is 5.69 Å². The van der Waals surface area contributed by atoms with Gasteiger partial charge < -0.3 is 15.0 Å². The molecule has 17 heavy (non-hydrogen) atoms. The van der Waals surface area contributed by atoms with E-state index in [-0.39, 0.29) is 5.56 Å². The molecule has 0 bridgehead atoms. The Bertz CT molecular complexity index is 549. The zero-order valence-electron chi connectivity index (χ0n) is 9.37. The van der Waals surface area contributed by atoms with Crippen LogP contribution in [0.1, 0.15) is 0 Å². The maximum Gasteiger partial charge on any atom is 0.250 e. The number of ether oxygens (including phenoxy) is 1. The van der Waals surface area contributed by atoms with E-state index in [0.717, 1.165) is 0 Å². The van der Waals surface area contributed by atoms with Gasteiger partial charge >= 0.3 is 0 Å². The zero-order valence-corrected chi connectivity index (χ0v) is 9.37. The van der Waals surface area contributed by atoms with Crippen molar-refractivity contribution in [3.05, 3.63) is 59.0 Å². The number of hydrogen-bond acceptors (Lipinski definition) is 3. The average Bonchev–Trinajstić information content (AvgIpc) is 2.32. The molecule has 0 saturated heterocycles. The normalized spacial score (nSPS) is 10.1. The van der Waals surface area contributed by atoms with E-state index < -0.39 is 0 Å². The molecule has 0 fully saturated rings. The number of nitrogen functional groups attached to an aromatic ring is 1. The van der Waals surface area contributed by atoms with E-state index in [9.17, 15) is 4.79 Å². The van der Waals surface area contributed by atoms with Gasteiger partial charge in [-0.25, -0.2) is 0 Å². The Morgan fingerprint density at radius 2 is 2.06 bits per heavy atom. The van der Waals surface area contributed by atoms with Gasteiger partial charge in [0.05, 0.1) is 6.54 Å². The SMILES string of the molecule is Nc1cccc(OCCn2ccccc2=O)c1. The van der Waals surface area contributed by atoms with Gasteiger partial charge in [-0.05, 0) is 18.2 Å². The van der Waals surface area contributed by atoms with Crippen molar-refractivity contribution in [3.8, 4) is 5.75 Å². The summed E-state index contributed by atoms with van der Waals surface area (Å²) in [6.45, 7) is 0.960. The molecule has 2 N–H and O–H groups in total. The van der Waals surface area contributed by atoms with Crippen LogP contribution in [0.5, 0.6) is 5.75 Å². The third-order valence-corrected chi connectivity index (χ3v) is 2.36. The van der Waals surface area contributed by atoms with E-state index in [4.69, 9.17) is 10.5 Å². The van der Waals surface area contributed by atoms with Gasteiger partial charge in [0.2, 0.25) is 0 Å². The Labute approximate surface area is 99.3 Å². The molecule has 1 aromatic carbocycles. The first-order valence-electron chi connectivity index (χ1n) is 5.39. The van der Waals surface area contributed by atoms with Crippen molar-refractivity contribution in [1.29, 1.82) is 0 Å². The van der Waals surface area contributed by atoms with E-state index in [1.165, 1.54) is 6.07 Å². The molecule has 0 amide bonds. The van der Waals surface area contributed by atoms with E-state index in [1.807, 2.05) is 18.2 Å². The van der Waals surface area contributed by atoms with E-state index >= 15 is 0 Å². The minimum atomic E-state index is -0.0244. The second kappa shape index (κ2) is 5.21. The molecule has 88 valence electrons. The molecule has 0 unspecified atom stereocenters. The van der Waals surface area contributed by atoms with Crippen molar-refractivity contribution in [2.24, 2.45) is 0 Å². The number of aromatic nitrogens is 1. The van der Waals surface area contributed by atoms with Crippen molar-refractivity contribution in [3.63, 3.8) is 0 Å². The summed E-state index contributed by atoms with van der Waals surface area (Å²) in [6, 6.07) is 12.3. The topological polar surface area (TPSA) is 57.2 Å². The van der Waals surface area contributed by atoms with Gasteiger partial charge in [-0.15, -0.1) is 0 Å². The van der Waals surface area contributed by atoms with E-state index in [2.05, 4.69) is 0 Å². The summed E-state index contributed by atoms with van der Waals surface area (Å²) in [5.74, 6) is 0.717. The molecule has 0 radical (unpaired) electrons. The standard InChI is InChI=1S/C13H14N2O2/c14-11-4-3-5-12(10-11)17-9-8-15-7-2-1-6-13(15)16/h1-7,10H,8-9,14H2. The summed E-state index contributed by atoms with van der Waals surface area (Å²) in [5, 5.41) is 0. The third-order valence-electron chi connectivity index (χ3n) is 2.36. The lowest BCUT2D eigenvalue weighted by molar-refractivity contribution is 0.296. The van der Waals surface area contributed by atoms with Gasteiger partial charge in [-0.1, -0.05) is 12.1 Å². The number of nitrogens with two attached hydrogens (primary N) is 1. The van der Waals surface area contributed by atoms with Crippen LogP contribution in [-0.4, -0.2) is 11.2 Å². The largest absolute Gasteiger partial charge is 0.492 e. The maximum absolute atomic E-state index is 11.4. The number of anilines is 1. The fourth-order valence-corrected chi connectivity index (χ4v) is 1.51. The molecular weight excluding hydrogens is 216 g/mol. The highest BCUT2D eigenvalue weighted by atomic mass is 16.5. The van der Waals surface area contributed by atoms with Gasteiger partial charge in [-0.3, -0.25) is 4.79 Å². The first-order valence-corrected chi connectivity index (χ1v) is 5.39. The molecule has 0 aliphatic heterocycles. The lowest BCUT2D eigenvalue weighted by Gasteiger charge is -2.08. The number of pyridine rings is 1. The van der Waals surface area contributed by atoms with Crippen LogP contribution >= 0.6 is 0 Å². The molecule has 2 aromatic rings. The second-order valence-corrected chi connectivity index (χ2v) is 3.65. The Balaban J connectivity index is 1.92. The fraction of sp³-hybridized carbons (Fsp3) is 0.154. The average molecular weight is 230 g/mol. The minimum absolute atomic E-state index is 0.0244. The predicted octanol–water partition coefficient (Wildman–Crippen LogP) is 1.51. The van der Waals surface area contributed by atoms with Gasteiger partial charge in [0.15, 0.2) is 0 Å². The number of nitrogens with zero attached hydrogens (tertiary/aromatic N) is 1. The van der Waals surface area contributed by atoms with Gasteiger partial charge in [0.25, 0.3) is 5.56 Å². The molecule has 0 saturated carbocycles. The predicted molar refractivity (Wildman–Crippen MR) is 67.1 cm³/mol. The van der Waals surface area contributed by atoms with Crippen LogP contribution in [0.2, 0.25) is 0 Å². The smallest absolute Gasteiger partial charge is 0.250 e. The first-order chi connectivity index (χ1) is 8.25. The highest BCUT2D eigenvalue weighted by Gasteiger charge is 1.96. The van der Waals surface area contributed by atoms with Crippen molar-refractivity contribution < 1.29 is 4.74 Å². The lowest BCUT2D eigenvalue weighted by atomic mass is 10.3. The Hall–Kier alpha value is -2.23. The first kappa shape index (κ1) is 11.3. The van der Waals surface area contributed by atoms with Crippen molar-refractivity contribution in [2.45, 2.75) is 6.54 Å².